The molecular weight excluding hydrogens is 327 g/mol. The molecule has 0 unspecified atom stereocenters. The molecule has 0 spiro atoms. The number of rotatable bonds is 4. The van der Waals surface area contributed by atoms with Crippen LogP contribution < -0.4 is 5.32 Å². The van der Waals surface area contributed by atoms with Crippen LogP contribution in [0.25, 0.3) is 0 Å². The SMILES string of the molecule is FC(F)(F)c1cnc(NCC2(N3CCOCC3)CCCCC2)s1. The van der Waals surface area contributed by atoms with E-state index in [4.69, 9.17) is 4.74 Å². The van der Waals surface area contributed by atoms with Crippen LogP contribution in [0.5, 0.6) is 0 Å². The topological polar surface area (TPSA) is 37.4 Å². The number of nitrogens with zero attached hydrogens (tertiary/aromatic N) is 2. The van der Waals surface area contributed by atoms with Crippen molar-refractivity contribution in [1.82, 2.24) is 9.88 Å². The zero-order chi connectivity index (χ0) is 16.3. The maximum atomic E-state index is 12.7. The Hall–Kier alpha value is -0.860. The predicted molar refractivity (Wildman–Crippen MR) is 83.8 cm³/mol. The molecule has 2 fully saturated rings. The molecule has 0 radical (unpaired) electrons. The largest absolute Gasteiger partial charge is 0.427 e. The molecule has 1 aromatic heterocycles. The summed E-state index contributed by atoms with van der Waals surface area (Å²) in [5.74, 6) is 0. The predicted octanol–water partition coefficient (Wildman–Crippen LogP) is 3.61. The minimum absolute atomic E-state index is 0.0199. The Bertz CT molecular complexity index is 508. The van der Waals surface area contributed by atoms with Crippen molar-refractivity contribution in [3.8, 4) is 0 Å². The van der Waals surface area contributed by atoms with Crippen LogP contribution in [0.4, 0.5) is 18.3 Å². The van der Waals surface area contributed by atoms with Crippen molar-refractivity contribution in [1.29, 1.82) is 0 Å². The molecule has 8 heteroatoms. The van der Waals surface area contributed by atoms with Gasteiger partial charge in [0, 0.05) is 25.2 Å². The van der Waals surface area contributed by atoms with E-state index >= 15 is 0 Å². The van der Waals surface area contributed by atoms with Gasteiger partial charge in [-0.25, -0.2) is 4.98 Å². The van der Waals surface area contributed by atoms with E-state index in [-0.39, 0.29) is 5.54 Å². The Morgan fingerprint density at radius 2 is 1.91 bits per heavy atom. The summed E-state index contributed by atoms with van der Waals surface area (Å²) < 4.78 is 43.5. The molecular formula is C15H22F3N3OS. The summed E-state index contributed by atoms with van der Waals surface area (Å²) in [6, 6.07) is 0. The summed E-state index contributed by atoms with van der Waals surface area (Å²) in [5.41, 5.74) is 0.0199. The fourth-order valence-corrected chi connectivity index (χ4v) is 4.26. The number of aromatic nitrogens is 1. The number of thiazole rings is 1. The first-order valence-corrected chi connectivity index (χ1v) is 8.91. The Morgan fingerprint density at radius 3 is 2.52 bits per heavy atom. The van der Waals surface area contributed by atoms with Gasteiger partial charge in [-0.05, 0) is 12.8 Å². The summed E-state index contributed by atoms with van der Waals surface area (Å²) >= 11 is 0.683. The second kappa shape index (κ2) is 6.94. The van der Waals surface area contributed by atoms with Crippen LogP contribution in [0.15, 0.2) is 6.20 Å². The Kier molecular flexibility index (Phi) is 5.13. The van der Waals surface area contributed by atoms with E-state index < -0.39 is 11.1 Å². The van der Waals surface area contributed by atoms with Crippen molar-refractivity contribution >= 4 is 16.5 Å². The van der Waals surface area contributed by atoms with Gasteiger partial charge in [-0.2, -0.15) is 13.2 Å². The highest BCUT2D eigenvalue weighted by molar-refractivity contribution is 7.15. The fraction of sp³-hybridized carbons (Fsp3) is 0.800. The molecule has 1 saturated heterocycles. The second-order valence-electron chi connectivity index (χ2n) is 6.27. The lowest BCUT2D eigenvalue weighted by Gasteiger charge is -2.48. The lowest BCUT2D eigenvalue weighted by Crippen LogP contribution is -2.57. The molecule has 1 saturated carbocycles. The number of halogens is 3. The van der Waals surface area contributed by atoms with Crippen LogP contribution in [0, 0.1) is 0 Å². The molecule has 0 aromatic carbocycles. The lowest BCUT2D eigenvalue weighted by molar-refractivity contribution is -0.134. The molecule has 2 aliphatic rings. The van der Waals surface area contributed by atoms with Gasteiger partial charge in [0.2, 0.25) is 0 Å². The van der Waals surface area contributed by atoms with Crippen molar-refractivity contribution in [2.75, 3.05) is 38.2 Å². The minimum Gasteiger partial charge on any atom is -0.379 e. The van der Waals surface area contributed by atoms with E-state index in [2.05, 4.69) is 15.2 Å². The molecule has 0 bridgehead atoms. The van der Waals surface area contributed by atoms with Crippen LogP contribution in [0.2, 0.25) is 0 Å². The van der Waals surface area contributed by atoms with Crippen LogP contribution >= 0.6 is 11.3 Å². The van der Waals surface area contributed by atoms with E-state index in [1.165, 1.54) is 19.3 Å². The molecule has 1 aliphatic carbocycles. The first-order chi connectivity index (χ1) is 11.0. The molecule has 0 amide bonds. The van der Waals surface area contributed by atoms with Crippen molar-refractivity contribution in [3.05, 3.63) is 11.1 Å². The average Bonchev–Trinajstić information content (AvgIpc) is 3.04. The highest BCUT2D eigenvalue weighted by atomic mass is 32.1. The number of hydrogen-bond donors (Lipinski definition) is 1. The maximum absolute atomic E-state index is 12.7. The van der Waals surface area contributed by atoms with Crippen molar-refractivity contribution in [3.63, 3.8) is 0 Å². The molecule has 1 aromatic rings. The number of anilines is 1. The van der Waals surface area contributed by atoms with E-state index in [1.54, 1.807) is 0 Å². The van der Waals surface area contributed by atoms with Crippen LogP contribution in [0.1, 0.15) is 37.0 Å². The highest BCUT2D eigenvalue weighted by Gasteiger charge is 2.39. The zero-order valence-corrected chi connectivity index (χ0v) is 13.8. The third kappa shape index (κ3) is 3.97. The maximum Gasteiger partial charge on any atom is 0.427 e. The second-order valence-corrected chi connectivity index (χ2v) is 7.30. The van der Waals surface area contributed by atoms with Gasteiger partial charge in [0.15, 0.2) is 5.13 Å². The summed E-state index contributed by atoms with van der Waals surface area (Å²) in [4.78, 5) is 5.70. The minimum atomic E-state index is -4.32. The molecule has 1 aliphatic heterocycles. The van der Waals surface area contributed by atoms with Gasteiger partial charge in [0.25, 0.3) is 0 Å². The van der Waals surface area contributed by atoms with Gasteiger partial charge >= 0.3 is 6.18 Å². The monoisotopic (exact) mass is 349 g/mol. The van der Waals surface area contributed by atoms with Gasteiger partial charge < -0.3 is 10.1 Å². The summed E-state index contributed by atoms with van der Waals surface area (Å²) in [6.45, 7) is 3.91. The van der Waals surface area contributed by atoms with E-state index in [1.807, 2.05) is 0 Å². The smallest absolute Gasteiger partial charge is 0.379 e. The number of ether oxygens (including phenoxy) is 1. The number of hydrogen-bond acceptors (Lipinski definition) is 5. The molecule has 130 valence electrons. The quantitative estimate of drug-likeness (QED) is 0.901. The Labute approximate surface area is 138 Å². The van der Waals surface area contributed by atoms with Crippen LogP contribution in [-0.4, -0.2) is 48.3 Å². The highest BCUT2D eigenvalue weighted by Crippen LogP contribution is 2.37. The van der Waals surface area contributed by atoms with E-state index in [0.717, 1.165) is 45.3 Å². The van der Waals surface area contributed by atoms with E-state index in [9.17, 15) is 13.2 Å². The molecule has 2 heterocycles. The summed E-state index contributed by atoms with van der Waals surface area (Å²) in [6.07, 6.45) is 2.34. The zero-order valence-electron chi connectivity index (χ0n) is 13.0. The van der Waals surface area contributed by atoms with Gasteiger partial charge in [0.1, 0.15) is 4.88 Å². The molecule has 0 atom stereocenters. The normalized spacial score (nSPS) is 22.9. The fourth-order valence-electron chi connectivity index (χ4n) is 3.58. The molecule has 1 N–H and O–H groups in total. The van der Waals surface area contributed by atoms with Gasteiger partial charge in [0.05, 0.1) is 19.4 Å². The first-order valence-electron chi connectivity index (χ1n) is 8.09. The molecule has 23 heavy (non-hydrogen) atoms. The van der Waals surface area contributed by atoms with Crippen molar-refractivity contribution in [2.45, 2.75) is 43.8 Å². The third-order valence-corrected chi connectivity index (χ3v) is 5.82. The van der Waals surface area contributed by atoms with Gasteiger partial charge in [-0.1, -0.05) is 30.6 Å². The molecule has 4 nitrogen and oxygen atoms in total. The standard InChI is InChI=1S/C15H22F3N3OS/c16-15(17,18)12-10-19-13(23-12)20-11-14(4-2-1-3-5-14)21-6-8-22-9-7-21/h10H,1-9,11H2,(H,19,20). The Morgan fingerprint density at radius 1 is 1.22 bits per heavy atom. The number of nitrogens with one attached hydrogen (secondary N) is 1. The van der Waals surface area contributed by atoms with Crippen molar-refractivity contribution in [2.24, 2.45) is 0 Å². The summed E-state index contributed by atoms with van der Waals surface area (Å²) in [5, 5.41) is 3.53. The lowest BCUT2D eigenvalue weighted by atomic mass is 9.80. The van der Waals surface area contributed by atoms with E-state index in [0.29, 0.717) is 23.0 Å². The first kappa shape index (κ1) is 17.0. The number of morpholine rings is 1. The number of alkyl halides is 3. The van der Waals surface area contributed by atoms with Gasteiger partial charge in [-0.15, -0.1) is 0 Å². The molecule has 3 rings (SSSR count). The van der Waals surface area contributed by atoms with Crippen LogP contribution in [-0.2, 0) is 10.9 Å². The summed E-state index contributed by atoms with van der Waals surface area (Å²) in [7, 11) is 0. The van der Waals surface area contributed by atoms with Crippen molar-refractivity contribution < 1.29 is 17.9 Å². The third-order valence-electron chi connectivity index (χ3n) is 4.82. The average molecular weight is 349 g/mol. The van der Waals surface area contributed by atoms with Crippen LogP contribution in [0.3, 0.4) is 0 Å². The van der Waals surface area contributed by atoms with Gasteiger partial charge in [-0.3, -0.25) is 4.90 Å². The Balaban J connectivity index is 1.67.